The van der Waals surface area contributed by atoms with Crippen molar-refractivity contribution < 1.29 is 27.9 Å². The predicted octanol–water partition coefficient (Wildman–Crippen LogP) is 4.84. The van der Waals surface area contributed by atoms with Crippen molar-refractivity contribution in [1.29, 1.82) is 0 Å². The normalized spacial score (nSPS) is 14.0. The summed E-state index contributed by atoms with van der Waals surface area (Å²) in [6, 6.07) is 15.3. The maximum absolute atomic E-state index is 13.9. The van der Waals surface area contributed by atoms with E-state index in [0.717, 1.165) is 16.4 Å². The molecule has 0 saturated heterocycles. The number of para-hydroxylation sites is 2. The average molecular weight is 556 g/mol. The van der Waals surface area contributed by atoms with Gasteiger partial charge in [0.2, 0.25) is 0 Å². The Hall–Kier alpha value is -3.50. The lowest BCUT2D eigenvalue weighted by Gasteiger charge is -2.23. The van der Waals surface area contributed by atoms with Crippen LogP contribution in [0.2, 0.25) is 0 Å². The number of carbonyl (C=O) groups excluding carboxylic acids is 1. The molecule has 2 heterocycles. The molecule has 3 N–H and O–H groups in total. The van der Waals surface area contributed by atoms with Gasteiger partial charge in [0, 0.05) is 18.5 Å². The molecule has 0 spiro atoms. The van der Waals surface area contributed by atoms with Gasteiger partial charge in [-0.15, -0.1) is 0 Å². The molecule has 0 bridgehead atoms. The fourth-order valence-electron chi connectivity index (χ4n) is 4.04. The fourth-order valence-corrected chi connectivity index (χ4v) is 5.52. The highest BCUT2D eigenvalue weighted by Crippen LogP contribution is 2.45. The van der Waals surface area contributed by atoms with E-state index in [1.165, 1.54) is 0 Å². The summed E-state index contributed by atoms with van der Waals surface area (Å²) in [5.74, 6) is 0.687. The van der Waals surface area contributed by atoms with E-state index in [0.29, 0.717) is 29.5 Å². The molecule has 39 heavy (non-hydrogen) atoms. The van der Waals surface area contributed by atoms with Gasteiger partial charge in [0.25, 0.3) is 0 Å². The number of carbonyl (C=O) groups is 1. The molecule has 4 rings (SSSR count). The van der Waals surface area contributed by atoms with Gasteiger partial charge in [0.05, 0.1) is 23.7 Å². The summed E-state index contributed by atoms with van der Waals surface area (Å²) < 4.78 is 38.3. The van der Waals surface area contributed by atoms with Gasteiger partial charge in [-0.25, -0.2) is 14.5 Å². The minimum Gasteiger partial charge on any atom is -0.462 e. The van der Waals surface area contributed by atoms with Crippen LogP contribution in [0.4, 0.5) is 5.82 Å². The zero-order valence-corrected chi connectivity index (χ0v) is 23.4. The number of ether oxygens (including phenoxy) is 2. The molecule has 4 aromatic rings. The summed E-state index contributed by atoms with van der Waals surface area (Å²) in [6.07, 6.45) is -0.327. The van der Waals surface area contributed by atoms with Crippen molar-refractivity contribution in [3.63, 3.8) is 0 Å². The molecule has 0 unspecified atom stereocenters. The Kier molecular flexibility index (Phi) is 9.19. The third kappa shape index (κ3) is 6.93. The number of nitrogens with one attached hydrogen (secondary N) is 1. The molecule has 0 aliphatic carbocycles. The number of hydrogen-bond donors (Lipinski definition) is 2. The molecule has 0 fully saturated rings. The molecule has 2 aromatic carbocycles. The minimum atomic E-state index is -4.02. The SMILES string of the molecule is CCOCc1nc2c(N)nc3ccccc3c2n1CCO[P@](=O)(N[C@H](C)C(=O)OC(C)C)Oc1ccccc1. The quantitative estimate of drug-likeness (QED) is 0.174. The number of anilines is 1. The number of fused-ring (bicyclic) bond motifs is 3. The van der Waals surface area contributed by atoms with Gasteiger partial charge in [-0.05, 0) is 45.9 Å². The standard InChI is InChI=1S/C27H34N5O6P/c1-5-35-17-23-30-24-25(21-13-9-10-14-22(21)29-26(24)28)32(23)15-16-36-39(34,38-20-11-7-6-8-12-20)31-19(4)27(33)37-18(2)3/h6-14,18-19H,5,15-17H2,1-4H3,(H2,28,29)(H,31,34)/t19-,39-/m1/s1. The van der Waals surface area contributed by atoms with Crippen LogP contribution in [0.25, 0.3) is 21.9 Å². The van der Waals surface area contributed by atoms with Crippen LogP contribution in [-0.2, 0) is 36.5 Å². The Morgan fingerprint density at radius 1 is 1.08 bits per heavy atom. The van der Waals surface area contributed by atoms with Gasteiger partial charge in [-0.1, -0.05) is 36.4 Å². The Balaban J connectivity index is 1.63. The van der Waals surface area contributed by atoms with Crippen molar-refractivity contribution in [1.82, 2.24) is 19.6 Å². The molecule has 2 atom stereocenters. The predicted molar refractivity (Wildman–Crippen MR) is 149 cm³/mol. The number of esters is 1. The number of rotatable bonds is 13. The van der Waals surface area contributed by atoms with E-state index in [-0.39, 0.29) is 25.9 Å². The maximum Gasteiger partial charge on any atom is 0.459 e. The molecule has 11 nitrogen and oxygen atoms in total. The van der Waals surface area contributed by atoms with Gasteiger partial charge in [-0.2, -0.15) is 5.09 Å². The molecule has 0 amide bonds. The highest BCUT2D eigenvalue weighted by Gasteiger charge is 2.32. The molecule has 208 valence electrons. The molecular formula is C27H34N5O6P. The summed E-state index contributed by atoms with van der Waals surface area (Å²) in [6.45, 7) is 7.88. The van der Waals surface area contributed by atoms with Crippen LogP contribution in [0.1, 0.15) is 33.5 Å². The highest BCUT2D eigenvalue weighted by atomic mass is 31.2. The molecule has 0 saturated carbocycles. The highest BCUT2D eigenvalue weighted by molar-refractivity contribution is 7.52. The fraction of sp³-hybridized carbons (Fsp3) is 0.370. The van der Waals surface area contributed by atoms with Crippen molar-refractivity contribution in [2.24, 2.45) is 0 Å². The smallest absolute Gasteiger partial charge is 0.459 e. The number of benzene rings is 2. The molecular weight excluding hydrogens is 521 g/mol. The molecule has 2 aromatic heterocycles. The average Bonchev–Trinajstić information content (AvgIpc) is 3.26. The summed E-state index contributed by atoms with van der Waals surface area (Å²) in [4.78, 5) is 21.6. The first-order valence-electron chi connectivity index (χ1n) is 12.8. The minimum absolute atomic E-state index is 0.0375. The molecule has 0 aliphatic rings. The zero-order valence-electron chi connectivity index (χ0n) is 22.5. The number of nitrogens with zero attached hydrogens (tertiary/aromatic N) is 3. The lowest BCUT2D eigenvalue weighted by atomic mass is 10.2. The summed E-state index contributed by atoms with van der Waals surface area (Å²) in [5, 5.41) is 3.57. The van der Waals surface area contributed by atoms with E-state index >= 15 is 0 Å². The van der Waals surface area contributed by atoms with Crippen molar-refractivity contribution >= 4 is 41.5 Å². The van der Waals surface area contributed by atoms with Crippen LogP contribution in [-0.4, -0.2) is 45.9 Å². The second kappa shape index (κ2) is 12.6. The monoisotopic (exact) mass is 555 g/mol. The maximum atomic E-state index is 13.9. The van der Waals surface area contributed by atoms with Crippen LogP contribution in [0, 0.1) is 0 Å². The third-order valence-corrected chi connectivity index (χ3v) is 7.40. The van der Waals surface area contributed by atoms with Crippen LogP contribution in [0.5, 0.6) is 5.75 Å². The number of nitrogens with two attached hydrogens (primary N) is 1. The van der Waals surface area contributed by atoms with E-state index in [2.05, 4.69) is 10.1 Å². The van der Waals surface area contributed by atoms with E-state index in [4.69, 9.17) is 29.2 Å². The second-order valence-electron chi connectivity index (χ2n) is 9.10. The molecule has 0 aliphatic heterocycles. The number of hydrogen-bond acceptors (Lipinski definition) is 9. The molecule has 0 radical (unpaired) electrons. The van der Waals surface area contributed by atoms with Crippen LogP contribution >= 0.6 is 7.75 Å². The molecule has 12 heteroatoms. The van der Waals surface area contributed by atoms with Crippen LogP contribution in [0.15, 0.2) is 54.6 Å². The lowest BCUT2D eigenvalue weighted by Crippen LogP contribution is -2.36. The topological polar surface area (TPSA) is 140 Å². The van der Waals surface area contributed by atoms with E-state index in [9.17, 15) is 9.36 Å². The number of imidazole rings is 1. The van der Waals surface area contributed by atoms with Crippen LogP contribution in [0.3, 0.4) is 0 Å². The first kappa shape index (κ1) is 28.5. The Morgan fingerprint density at radius 3 is 2.51 bits per heavy atom. The Morgan fingerprint density at radius 2 is 1.79 bits per heavy atom. The van der Waals surface area contributed by atoms with Crippen LogP contribution < -0.4 is 15.3 Å². The van der Waals surface area contributed by atoms with Gasteiger partial charge < -0.3 is 24.3 Å². The number of pyridine rings is 1. The summed E-state index contributed by atoms with van der Waals surface area (Å²) in [5.41, 5.74) is 8.31. The van der Waals surface area contributed by atoms with Crippen molar-refractivity contribution in [3.05, 3.63) is 60.4 Å². The van der Waals surface area contributed by atoms with Gasteiger partial charge >= 0.3 is 13.7 Å². The summed E-state index contributed by atoms with van der Waals surface area (Å²) in [7, 11) is -4.02. The lowest BCUT2D eigenvalue weighted by molar-refractivity contribution is -0.149. The van der Waals surface area contributed by atoms with E-state index < -0.39 is 19.8 Å². The third-order valence-electron chi connectivity index (χ3n) is 5.73. The van der Waals surface area contributed by atoms with Gasteiger partial charge in [-0.3, -0.25) is 9.32 Å². The number of aromatic nitrogens is 3. The first-order chi connectivity index (χ1) is 18.7. The van der Waals surface area contributed by atoms with Crippen molar-refractivity contribution in [2.75, 3.05) is 18.9 Å². The Labute approximate surface area is 227 Å². The zero-order chi connectivity index (χ0) is 28.0. The Bertz CT molecular complexity index is 1480. The van der Waals surface area contributed by atoms with Crippen molar-refractivity contribution in [2.45, 2.75) is 53.0 Å². The van der Waals surface area contributed by atoms with Gasteiger partial charge in [0.1, 0.15) is 29.7 Å². The summed E-state index contributed by atoms with van der Waals surface area (Å²) >= 11 is 0. The second-order valence-corrected chi connectivity index (χ2v) is 10.8. The first-order valence-corrected chi connectivity index (χ1v) is 14.3. The largest absolute Gasteiger partial charge is 0.462 e. The van der Waals surface area contributed by atoms with E-state index in [1.54, 1.807) is 45.0 Å². The van der Waals surface area contributed by atoms with E-state index in [1.807, 2.05) is 41.8 Å². The van der Waals surface area contributed by atoms with Gasteiger partial charge in [0.15, 0.2) is 5.82 Å². The van der Waals surface area contributed by atoms with Crippen molar-refractivity contribution in [3.8, 4) is 5.75 Å². The number of nitrogen functional groups attached to an aromatic ring is 1.